The van der Waals surface area contributed by atoms with E-state index < -0.39 is 12.6 Å². The lowest BCUT2D eigenvalue weighted by Gasteiger charge is -2.21. The van der Waals surface area contributed by atoms with Gasteiger partial charge < -0.3 is 4.90 Å². The summed E-state index contributed by atoms with van der Waals surface area (Å²) >= 11 is 5.50. The Labute approximate surface area is 88.2 Å². The Bertz CT molecular complexity index is 139. The van der Waals surface area contributed by atoms with Crippen LogP contribution in [0.4, 0.5) is 13.2 Å². The molecule has 0 spiro atoms. The minimum atomic E-state index is -4.06. The molecule has 86 valence electrons. The number of halogens is 4. The number of rotatable bonds is 7. The van der Waals surface area contributed by atoms with Crippen LogP contribution in [0.3, 0.4) is 0 Å². The molecule has 14 heavy (non-hydrogen) atoms. The van der Waals surface area contributed by atoms with E-state index in [9.17, 15) is 13.2 Å². The van der Waals surface area contributed by atoms with Crippen LogP contribution in [0.5, 0.6) is 0 Å². The van der Waals surface area contributed by atoms with E-state index in [1.165, 1.54) is 0 Å². The van der Waals surface area contributed by atoms with Crippen LogP contribution in [0.2, 0.25) is 0 Å². The average molecular weight is 232 g/mol. The lowest BCUT2D eigenvalue weighted by atomic mass is 10.3. The Morgan fingerprint density at radius 2 is 1.79 bits per heavy atom. The van der Waals surface area contributed by atoms with E-state index in [0.29, 0.717) is 19.0 Å². The third-order valence-electron chi connectivity index (χ3n) is 1.94. The summed E-state index contributed by atoms with van der Waals surface area (Å²) in [6, 6.07) is 0. The number of unbranched alkanes of at least 4 members (excludes halogenated alkanes) is 1. The van der Waals surface area contributed by atoms with Crippen LogP contribution < -0.4 is 0 Å². The molecule has 0 atom stereocenters. The summed E-state index contributed by atoms with van der Waals surface area (Å²) in [7, 11) is 0. The Morgan fingerprint density at radius 1 is 1.14 bits per heavy atom. The first-order chi connectivity index (χ1) is 6.49. The third-order valence-corrected chi connectivity index (χ3v) is 2.11. The maximum atomic E-state index is 11.9. The summed E-state index contributed by atoms with van der Waals surface area (Å²) in [6.07, 6.45) is -2.88. The van der Waals surface area contributed by atoms with E-state index in [1.807, 2.05) is 6.92 Å². The molecule has 0 N–H and O–H groups in total. The van der Waals surface area contributed by atoms with Crippen molar-refractivity contribution in [2.75, 3.05) is 25.5 Å². The molecule has 0 rings (SSSR count). The Balaban J connectivity index is 3.72. The summed E-state index contributed by atoms with van der Waals surface area (Å²) < 4.78 is 35.8. The first kappa shape index (κ1) is 14.0. The third kappa shape index (κ3) is 8.63. The molecular weight excluding hydrogens is 215 g/mol. The smallest absolute Gasteiger partial charge is 0.302 e. The highest BCUT2D eigenvalue weighted by Gasteiger charge is 2.27. The van der Waals surface area contributed by atoms with E-state index in [0.717, 1.165) is 12.8 Å². The standard InChI is InChI=1S/C9H17ClF3N/c1-2-3-6-14(8-5-10)7-4-9(11,12)13/h2-8H2,1H3. The van der Waals surface area contributed by atoms with Crippen LogP contribution in [-0.2, 0) is 0 Å². The second-order valence-electron chi connectivity index (χ2n) is 3.25. The minimum absolute atomic E-state index is 0.0657. The fourth-order valence-corrected chi connectivity index (χ4v) is 1.36. The van der Waals surface area contributed by atoms with Gasteiger partial charge in [-0.25, -0.2) is 0 Å². The quantitative estimate of drug-likeness (QED) is 0.608. The van der Waals surface area contributed by atoms with E-state index in [2.05, 4.69) is 0 Å². The van der Waals surface area contributed by atoms with Gasteiger partial charge in [0.05, 0.1) is 6.42 Å². The molecule has 0 saturated heterocycles. The number of hydrogen-bond donors (Lipinski definition) is 0. The zero-order valence-corrected chi connectivity index (χ0v) is 9.16. The topological polar surface area (TPSA) is 3.24 Å². The maximum absolute atomic E-state index is 11.9. The van der Waals surface area contributed by atoms with Crippen LogP contribution in [0.25, 0.3) is 0 Å². The van der Waals surface area contributed by atoms with Gasteiger partial charge in [0.1, 0.15) is 0 Å². The SMILES string of the molecule is CCCCN(CCCl)CCC(F)(F)F. The molecule has 0 amide bonds. The van der Waals surface area contributed by atoms with E-state index in [4.69, 9.17) is 11.6 Å². The van der Waals surface area contributed by atoms with Gasteiger partial charge in [-0.05, 0) is 13.0 Å². The van der Waals surface area contributed by atoms with Crippen molar-refractivity contribution in [3.8, 4) is 0 Å². The van der Waals surface area contributed by atoms with Gasteiger partial charge in [-0.3, -0.25) is 0 Å². The number of hydrogen-bond acceptors (Lipinski definition) is 1. The lowest BCUT2D eigenvalue weighted by molar-refractivity contribution is -0.137. The van der Waals surface area contributed by atoms with Crippen molar-refractivity contribution in [3.05, 3.63) is 0 Å². The summed E-state index contributed by atoms with van der Waals surface area (Å²) in [5, 5.41) is 0. The molecule has 5 heteroatoms. The van der Waals surface area contributed by atoms with Crippen LogP contribution in [0, 0.1) is 0 Å². The van der Waals surface area contributed by atoms with Crippen LogP contribution in [-0.4, -0.2) is 36.6 Å². The minimum Gasteiger partial charge on any atom is -0.302 e. The Morgan fingerprint density at radius 3 is 2.21 bits per heavy atom. The highest BCUT2D eigenvalue weighted by atomic mass is 35.5. The van der Waals surface area contributed by atoms with Crippen molar-refractivity contribution in [2.45, 2.75) is 32.4 Å². The van der Waals surface area contributed by atoms with Crippen LogP contribution in [0.15, 0.2) is 0 Å². The largest absolute Gasteiger partial charge is 0.390 e. The van der Waals surface area contributed by atoms with Crippen molar-refractivity contribution in [1.29, 1.82) is 0 Å². The summed E-state index contributed by atoms with van der Waals surface area (Å²) in [5.41, 5.74) is 0. The molecule has 1 nitrogen and oxygen atoms in total. The van der Waals surface area contributed by atoms with Crippen molar-refractivity contribution >= 4 is 11.6 Å². The molecule has 0 aromatic heterocycles. The molecule has 0 heterocycles. The molecule has 0 unspecified atom stereocenters. The highest BCUT2D eigenvalue weighted by Crippen LogP contribution is 2.19. The van der Waals surface area contributed by atoms with E-state index >= 15 is 0 Å². The Hall–Kier alpha value is 0.0400. The summed E-state index contributed by atoms with van der Waals surface area (Å²) in [6.45, 7) is 3.33. The first-order valence-electron chi connectivity index (χ1n) is 4.84. The van der Waals surface area contributed by atoms with Gasteiger partial charge in [-0.2, -0.15) is 13.2 Å². The van der Waals surface area contributed by atoms with Crippen LogP contribution in [0.1, 0.15) is 26.2 Å². The van der Waals surface area contributed by atoms with Crippen molar-refractivity contribution in [2.24, 2.45) is 0 Å². The van der Waals surface area contributed by atoms with E-state index in [-0.39, 0.29) is 6.54 Å². The molecule has 0 radical (unpaired) electrons. The molecular formula is C9H17ClF3N. The molecule has 0 aromatic rings. The second-order valence-corrected chi connectivity index (χ2v) is 3.63. The fourth-order valence-electron chi connectivity index (χ4n) is 1.12. The molecule has 0 saturated carbocycles. The van der Waals surface area contributed by atoms with Crippen molar-refractivity contribution in [1.82, 2.24) is 4.90 Å². The van der Waals surface area contributed by atoms with Gasteiger partial charge in [0, 0.05) is 19.0 Å². The first-order valence-corrected chi connectivity index (χ1v) is 5.38. The zero-order valence-electron chi connectivity index (χ0n) is 8.41. The highest BCUT2D eigenvalue weighted by molar-refractivity contribution is 6.18. The van der Waals surface area contributed by atoms with Crippen molar-refractivity contribution in [3.63, 3.8) is 0 Å². The number of nitrogens with zero attached hydrogens (tertiary/aromatic N) is 1. The predicted molar refractivity (Wildman–Crippen MR) is 52.7 cm³/mol. The molecule has 0 bridgehead atoms. The maximum Gasteiger partial charge on any atom is 0.390 e. The van der Waals surface area contributed by atoms with Crippen molar-refractivity contribution < 1.29 is 13.2 Å². The van der Waals surface area contributed by atoms with Gasteiger partial charge in [-0.1, -0.05) is 13.3 Å². The van der Waals surface area contributed by atoms with Gasteiger partial charge >= 0.3 is 6.18 Å². The number of alkyl halides is 4. The molecule has 0 aliphatic rings. The van der Waals surface area contributed by atoms with Gasteiger partial charge in [0.25, 0.3) is 0 Å². The Kier molecular flexibility index (Phi) is 7.37. The van der Waals surface area contributed by atoms with Crippen LogP contribution >= 0.6 is 11.6 Å². The summed E-state index contributed by atoms with van der Waals surface area (Å²) in [5.74, 6) is 0.390. The summed E-state index contributed by atoms with van der Waals surface area (Å²) in [4.78, 5) is 1.77. The average Bonchev–Trinajstić information content (AvgIpc) is 2.08. The monoisotopic (exact) mass is 231 g/mol. The van der Waals surface area contributed by atoms with Gasteiger partial charge in [0.15, 0.2) is 0 Å². The van der Waals surface area contributed by atoms with Gasteiger partial charge in [0.2, 0.25) is 0 Å². The predicted octanol–water partition coefficient (Wildman–Crippen LogP) is 3.28. The van der Waals surface area contributed by atoms with E-state index in [1.54, 1.807) is 4.90 Å². The second kappa shape index (κ2) is 7.35. The molecule has 0 aliphatic heterocycles. The lowest BCUT2D eigenvalue weighted by Crippen LogP contribution is -2.30. The van der Waals surface area contributed by atoms with Gasteiger partial charge in [-0.15, -0.1) is 11.6 Å². The normalized spacial score (nSPS) is 12.4. The fraction of sp³-hybridized carbons (Fsp3) is 1.00. The molecule has 0 aliphatic carbocycles. The molecule has 0 fully saturated rings. The molecule has 0 aromatic carbocycles. The zero-order chi connectivity index (χ0) is 11.0.